The summed E-state index contributed by atoms with van der Waals surface area (Å²) in [5.74, 6) is 0.571. The fraction of sp³-hybridized carbons (Fsp3) is 0.269. The number of ether oxygens (including phenoxy) is 1. The van der Waals surface area contributed by atoms with Gasteiger partial charge in [-0.2, -0.15) is 5.10 Å². The van der Waals surface area contributed by atoms with Crippen molar-refractivity contribution in [2.24, 2.45) is 0 Å². The maximum absolute atomic E-state index is 13.0. The van der Waals surface area contributed by atoms with Crippen LogP contribution in [0.1, 0.15) is 39.2 Å². The summed E-state index contributed by atoms with van der Waals surface area (Å²) in [6.07, 6.45) is 5.81. The highest BCUT2D eigenvalue weighted by Gasteiger charge is 2.34. The van der Waals surface area contributed by atoms with E-state index in [1.807, 2.05) is 79.3 Å². The molecule has 1 amide bonds. The van der Waals surface area contributed by atoms with Crippen molar-refractivity contribution in [3.63, 3.8) is 0 Å². The van der Waals surface area contributed by atoms with Crippen LogP contribution in [0.3, 0.4) is 0 Å². The number of unbranched alkanes of at least 4 members (excludes halogenated alkanes) is 1. The number of benzene rings is 2. The van der Waals surface area contributed by atoms with Gasteiger partial charge in [0.2, 0.25) is 0 Å². The van der Waals surface area contributed by atoms with Crippen LogP contribution in [0, 0.1) is 0 Å². The maximum Gasteiger partial charge on any atom is 0.266 e. The van der Waals surface area contributed by atoms with Crippen LogP contribution in [-0.2, 0) is 4.79 Å². The number of rotatable bonds is 8. The molecule has 0 saturated carbocycles. The van der Waals surface area contributed by atoms with E-state index < -0.39 is 0 Å². The van der Waals surface area contributed by atoms with Crippen molar-refractivity contribution in [2.75, 3.05) is 6.61 Å². The molecule has 1 aromatic heterocycles. The molecule has 4 rings (SSSR count). The van der Waals surface area contributed by atoms with Crippen molar-refractivity contribution < 1.29 is 9.53 Å². The molecule has 8 heteroatoms. The summed E-state index contributed by atoms with van der Waals surface area (Å²) in [7, 11) is 0. The van der Waals surface area contributed by atoms with Crippen molar-refractivity contribution in [1.82, 2.24) is 14.7 Å². The molecule has 1 saturated heterocycles. The number of hydrogen-bond acceptors (Lipinski definition) is 5. The van der Waals surface area contributed by atoms with Gasteiger partial charge in [0.25, 0.3) is 5.91 Å². The number of halogens is 1. The molecule has 1 aliphatic heterocycles. The van der Waals surface area contributed by atoms with Gasteiger partial charge >= 0.3 is 0 Å². The third-order valence-corrected chi connectivity index (χ3v) is 6.98. The van der Waals surface area contributed by atoms with Crippen LogP contribution in [-0.4, -0.2) is 37.6 Å². The molecule has 2 heterocycles. The Bertz CT molecular complexity index is 1240. The number of hydrogen-bond donors (Lipinski definition) is 0. The minimum absolute atomic E-state index is 0.00368. The number of thioether (sulfide) groups is 1. The second kappa shape index (κ2) is 10.8. The summed E-state index contributed by atoms with van der Waals surface area (Å²) in [5, 5.41) is 5.37. The van der Waals surface area contributed by atoms with E-state index in [0.717, 1.165) is 35.3 Å². The summed E-state index contributed by atoms with van der Waals surface area (Å²) in [4.78, 5) is 15.2. The van der Waals surface area contributed by atoms with Gasteiger partial charge in [-0.05, 0) is 56.7 Å². The molecule has 0 atom stereocenters. The van der Waals surface area contributed by atoms with E-state index in [4.69, 9.17) is 33.7 Å². The Hall–Kier alpha value is -2.61. The van der Waals surface area contributed by atoms with Gasteiger partial charge in [-0.3, -0.25) is 9.69 Å². The number of carbonyl (C=O) groups is 1. The Labute approximate surface area is 214 Å². The molecule has 0 spiro atoms. The summed E-state index contributed by atoms with van der Waals surface area (Å²) in [6.45, 7) is 6.66. The largest absolute Gasteiger partial charge is 0.492 e. The molecule has 1 aliphatic rings. The van der Waals surface area contributed by atoms with E-state index >= 15 is 0 Å². The zero-order chi connectivity index (χ0) is 24.2. The van der Waals surface area contributed by atoms with Crippen LogP contribution in [0.15, 0.2) is 59.6 Å². The smallest absolute Gasteiger partial charge is 0.266 e. The molecule has 0 bridgehead atoms. The average molecular weight is 512 g/mol. The predicted octanol–water partition coefficient (Wildman–Crippen LogP) is 6.98. The molecule has 176 valence electrons. The number of nitrogens with zero attached hydrogens (tertiary/aromatic N) is 3. The summed E-state index contributed by atoms with van der Waals surface area (Å²) in [6, 6.07) is 15.5. The fourth-order valence-corrected chi connectivity index (χ4v) is 5.34. The monoisotopic (exact) mass is 511 g/mol. The van der Waals surface area contributed by atoms with E-state index in [0.29, 0.717) is 26.6 Å². The Morgan fingerprint density at radius 1 is 1.21 bits per heavy atom. The SMILES string of the molecule is CCCCOc1ccc(-c2nn(-c3ccccc3)cc2C=C2SC(=S)N(C(C)C)C2=O)cc1Cl. The van der Waals surface area contributed by atoms with Crippen LogP contribution < -0.4 is 4.74 Å². The minimum Gasteiger partial charge on any atom is -0.492 e. The highest BCUT2D eigenvalue weighted by atomic mass is 35.5. The van der Waals surface area contributed by atoms with Gasteiger partial charge in [-0.1, -0.05) is 67.1 Å². The van der Waals surface area contributed by atoms with E-state index in [1.165, 1.54) is 11.8 Å². The first-order valence-corrected chi connectivity index (χ1v) is 12.8. The molecule has 0 unspecified atom stereocenters. The van der Waals surface area contributed by atoms with Gasteiger partial charge in [-0.15, -0.1) is 0 Å². The second-order valence-electron chi connectivity index (χ2n) is 8.21. The number of para-hydroxylation sites is 1. The van der Waals surface area contributed by atoms with Crippen LogP contribution in [0.2, 0.25) is 5.02 Å². The van der Waals surface area contributed by atoms with Crippen LogP contribution in [0.25, 0.3) is 23.0 Å². The molecule has 1 fully saturated rings. The standard InChI is InChI=1S/C26H26ClN3O2S2/c1-4-5-13-32-22-12-11-18(14-21(22)27)24-19(16-29(28-24)20-9-7-6-8-10-20)15-23-25(31)30(17(2)3)26(33)34-23/h6-12,14-17H,4-5,13H2,1-3H3. The van der Waals surface area contributed by atoms with Crippen molar-refractivity contribution in [1.29, 1.82) is 0 Å². The van der Waals surface area contributed by atoms with Crippen LogP contribution in [0.4, 0.5) is 0 Å². The number of carbonyl (C=O) groups excluding carboxylic acids is 1. The third-order valence-electron chi connectivity index (χ3n) is 5.35. The van der Waals surface area contributed by atoms with Crippen molar-refractivity contribution in [3.05, 3.63) is 70.2 Å². The fourth-order valence-electron chi connectivity index (χ4n) is 3.59. The van der Waals surface area contributed by atoms with Gasteiger partial charge in [0.05, 0.1) is 22.2 Å². The van der Waals surface area contributed by atoms with Crippen molar-refractivity contribution >= 4 is 51.9 Å². The van der Waals surface area contributed by atoms with Gasteiger partial charge < -0.3 is 4.74 Å². The molecular formula is C26H26ClN3O2S2. The molecule has 5 nitrogen and oxygen atoms in total. The highest BCUT2D eigenvalue weighted by Crippen LogP contribution is 2.37. The quantitative estimate of drug-likeness (QED) is 0.185. The Balaban J connectivity index is 1.75. The molecule has 0 radical (unpaired) electrons. The zero-order valence-corrected chi connectivity index (χ0v) is 21.7. The van der Waals surface area contributed by atoms with Crippen molar-refractivity contribution in [2.45, 2.75) is 39.7 Å². The third kappa shape index (κ3) is 5.22. The summed E-state index contributed by atoms with van der Waals surface area (Å²) in [5.41, 5.74) is 3.29. The van der Waals surface area contributed by atoms with Gasteiger partial charge in [0, 0.05) is 23.4 Å². The lowest BCUT2D eigenvalue weighted by Crippen LogP contribution is -2.34. The molecular weight excluding hydrogens is 486 g/mol. The van der Waals surface area contributed by atoms with Crippen molar-refractivity contribution in [3.8, 4) is 22.7 Å². The molecule has 3 aromatic rings. The van der Waals surface area contributed by atoms with Gasteiger partial charge in [-0.25, -0.2) is 4.68 Å². The first-order valence-electron chi connectivity index (χ1n) is 11.2. The topological polar surface area (TPSA) is 47.4 Å². The van der Waals surface area contributed by atoms with E-state index in [1.54, 1.807) is 4.90 Å². The van der Waals surface area contributed by atoms with Crippen LogP contribution in [0.5, 0.6) is 5.75 Å². The highest BCUT2D eigenvalue weighted by molar-refractivity contribution is 8.26. The molecule has 0 aliphatic carbocycles. The van der Waals surface area contributed by atoms with Gasteiger partial charge in [0.1, 0.15) is 15.8 Å². The maximum atomic E-state index is 13.0. The van der Waals surface area contributed by atoms with Crippen LogP contribution >= 0.6 is 35.6 Å². The molecule has 34 heavy (non-hydrogen) atoms. The lowest BCUT2D eigenvalue weighted by atomic mass is 10.1. The van der Waals surface area contributed by atoms with E-state index in [-0.39, 0.29) is 11.9 Å². The lowest BCUT2D eigenvalue weighted by Gasteiger charge is -2.18. The minimum atomic E-state index is -0.0823. The number of aromatic nitrogens is 2. The van der Waals surface area contributed by atoms with Gasteiger partial charge in [0.15, 0.2) is 0 Å². The Morgan fingerprint density at radius 3 is 2.62 bits per heavy atom. The normalized spacial score (nSPS) is 15.1. The Morgan fingerprint density at radius 2 is 1.97 bits per heavy atom. The second-order valence-corrected chi connectivity index (χ2v) is 10.3. The summed E-state index contributed by atoms with van der Waals surface area (Å²) < 4.78 is 8.18. The predicted molar refractivity (Wildman–Crippen MR) is 145 cm³/mol. The summed E-state index contributed by atoms with van der Waals surface area (Å²) >= 11 is 13.3. The lowest BCUT2D eigenvalue weighted by molar-refractivity contribution is -0.123. The molecule has 2 aromatic carbocycles. The average Bonchev–Trinajstić information content (AvgIpc) is 3.36. The first-order chi connectivity index (χ1) is 16.4. The molecule has 0 N–H and O–H groups in total. The van der Waals surface area contributed by atoms with E-state index in [2.05, 4.69) is 6.92 Å². The number of amides is 1. The van der Waals surface area contributed by atoms with E-state index in [9.17, 15) is 4.79 Å². The Kier molecular flexibility index (Phi) is 7.76. The zero-order valence-electron chi connectivity index (χ0n) is 19.3. The first kappa shape index (κ1) is 24.5. The number of thiocarbonyl (C=S) groups is 1.